The average molecular weight is 271 g/mol. The van der Waals surface area contributed by atoms with E-state index in [0.29, 0.717) is 19.2 Å². The van der Waals surface area contributed by atoms with Gasteiger partial charge >= 0.3 is 0 Å². The SMILES string of the molecule is COCC(O)CN(C)C1CCOC2(CCCCC2)C1. The summed E-state index contributed by atoms with van der Waals surface area (Å²) in [6, 6.07) is 0.540. The van der Waals surface area contributed by atoms with E-state index in [9.17, 15) is 5.11 Å². The number of hydrogen-bond donors (Lipinski definition) is 1. The van der Waals surface area contributed by atoms with Gasteiger partial charge in [0.15, 0.2) is 0 Å². The molecule has 2 aliphatic rings. The van der Waals surface area contributed by atoms with Gasteiger partial charge in [0, 0.05) is 26.3 Å². The van der Waals surface area contributed by atoms with Crippen molar-refractivity contribution in [3.05, 3.63) is 0 Å². The molecular weight excluding hydrogens is 242 g/mol. The van der Waals surface area contributed by atoms with E-state index in [4.69, 9.17) is 9.47 Å². The lowest BCUT2D eigenvalue weighted by molar-refractivity contribution is -0.124. The van der Waals surface area contributed by atoms with E-state index in [2.05, 4.69) is 11.9 Å². The molecule has 112 valence electrons. The van der Waals surface area contributed by atoms with Crippen LogP contribution in [0.3, 0.4) is 0 Å². The van der Waals surface area contributed by atoms with Crippen LogP contribution in [-0.4, -0.2) is 61.7 Å². The van der Waals surface area contributed by atoms with Gasteiger partial charge < -0.3 is 19.5 Å². The molecule has 1 N–H and O–H groups in total. The number of nitrogens with zero attached hydrogens (tertiary/aromatic N) is 1. The average Bonchev–Trinajstić information content (AvgIpc) is 2.40. The van der Waals surface area contributed by atoms with Gasteiger partial charge in [-0.15, -0.1) is 0 Å². The van der Waals surface area contributed by atoms with Crippen molar-refractivity contribution in [1.29, 1.82) is 0 Å². The number of rotatable bonds is 5. The molecule has 4 nitrogen and oxygen atoms in total. The first-order chi connectivity index (χ1) is 9.15. The quantitative estimate of drug-likeness (QED) is 0.828. The van der Waals surface area contributed by atoms with E-state index in [-0.39, 0.29) is 11.7 Å². The molecule has 19 heavy (non-hydrogen) atoms. The molecule has 1 aliphatic heterocycles. The number of aliphatic hydroxyl groups is 1. The highest BCUT2D eigenvalue weighted by Crippen LogP contribution is 2.39. The Kier molecular flexibility index (Phi) is 5.63. The highest BCUT2D eigenvalue weighted by molar-refractivity contribution is 4.92. The van der Waals surface area contributed by atoms with Gasteiger partial charge in [0.05, 0.1) is 18.3 Å². The van der Waals surface area contributed by atoms with E-state index in [1.807, 2.05) is 0 Å². The third-order valence-corrected chi connectivity index (χ3v) is 4.71. The Morgan fingerprint density at radius 3 is 2.79 bits per heavy atom. The second-order valence-electron chi connectivity index (χ2n) is 6.29. The van der Waals surface area contributed by atoms with Gasteiger partial charge in [-0.3, -0.25) is 0 Å². The monoisotopic (exact) mass is 271 g/mol. The molecule has 1 saturated carbocycles. The van der Waals surface area contributed by atoms with Crippen LogP contribution in [0.15, 0.2) is 0 Å². The molecule has 1 aliphatic carbocycles. The maximum Gasteiger partial charge on any atom is 0.0900 e. The predicted octanol–water partition coefficient (Wildman–Crippen LogP) is 1.81. The van der Waals surface area contributed by atoms with Crippen LogP contribution in [0.2, 0.25) is 0 Å². The highest BCUT2D eigenvalue weighted by Gasteiger charge is 2.39. The van der Waals surface area contributed by atoms with E-state index in [0.717, 1.165) is 19.4 Å². The van der Waals surface area contributed by atoms with Gasteiger partial charge in [-0.2, -0.15) is 0 Å². The van der Waals surface area contributed by atoms with E-state index < -0.39 is 0 Å². The molecule has 0 radical (unpaired) electrons. The molecular formula is C15H29NO3. The molecule has 4 heteroatoms. The van der Waals surface area contributed by atoms with Gasteiger partial charge in [0.25, 0.3) is 0 Å². The predicted molar refractivity (Wildman–Crippen MR) is 75.3 cm³/mol. The second kappa shape index (κ2) is 7.02. The van der Waals surface area contributed by atoms with Crippen molar-refractivity contribution in [3.63, 3.8) is 0 Å². The summed E-state index contributed by atoms with van der Waals surface area (Å²) in [5.41, 5.74) is 0.141. The van der Waals surface area contributed by atoms with Crippen molar-refractivity contribution in [2.24, 2.45) is 0 Å². The van der Waals surface area contributed by atoms with Gasteiger partial charge in [-0.25, -0.2) is 0 Å². The Labute approximate surface area is 117 Å². The Bertz CT molecular complexity index is 261. The minimum absolute atomic E-state index is 0.141. The van der Waals surface area contributed by atoms with Crippen LogP contribution in [0, 0.1) is 0 Å². The van der Waals surface area contributed by atoms with Crippen molar-refractivity contribution in [2.45, 2.75) is 62.7 Å². The third kappa shape index (κ3) is 4.15. The van der Waals surface area contributed by atoms with Crippen molar-refractivity contribution in [2.75, 3.05) is 33.9 Å². The van der Waals surface area contributed by atoms with Crippen molar-refractivity contribution in [3.8, 4) is 0 Å². The van der Waals surface area contributed by atoms with Crippen LogP contribution >= 0.6 is 0 Å². The van der Waals surface area contributed by atoms with Crippen LogP contribution < -0.4 is 0 Å². The van der Waals surface area contributed by atoms with Gasteiger partial charge in [0.2, 0.25) is 0 Å². The summed E-state index contributed by atoms with van der Waals surface area (Å²) in [5.74, 6) is 0. The normalized spacial score (nSPS) is 28.7. The zero-order valence-corrected chi connectivity index (χ0v) is 12.4. The number of methoxy groups -OCH3 is 1. The van der Waals surface area contributed by atoms with Crippen LogP contribution in [0.5, 0.6) is 0 Å². The van der Waals surface area contributed by atoms with Gasteiger partial charge in [0.1, 0.15) is 0 Å². The van der Waals surface area contributed by atoms with E-state index in [1.54, 1.807) is 7.11 Å². The Morgan fingerprint density at radius 1 is 1.37 bits per heavy atom. The lowest BCUT2D eigenvalue weighted by Crippen LogP contribution is -2.50. The topological polar surface area (TPSA) is 41.9 Å². The third-order valence-electron chi connectivity index (χ3n) is 4.71. The van der Waals surface area contributed by atoms with Crippen LogP contribution in [0.1, 0.15) is 44.9 Å². The van der Waals surface area contributed by atoms with Crippen LogP contribution in [0.4, 0.5) is 0 Å². The number of ether oxygens (including phenoxy) is 2. The molecule has 2 rings (SSSR count). The fraction of sp³-hybridized carbons (Fsp3) is 1.00. The summed E-state index contributed by atoms with van der Waals surface area (Å²) in [4.78, 5) is 2.29. The van der Waals surface area contributed by atoms with Crippen molar-refractivity contribution >= 4 is 0 Å². The molecule has 2 unspecified atom stereocenters. The zero-order chi connectivity index (χ0) is 13.7. The number of hydrogen-bond acceptors (Lipinski definition) is 4. The Balaban J connectivity index is 1.85. The second-order valence-corrected chi connectivity index (χ2v) is 6.29. The molecule has 1 spiro atoms. The highest BCUT2D eigenvalue weighted by atomic mass is 16.5. The minimum Gasteiger partial charge on any atom is -0.389 e. The fourth-order valence-electron chi connectivity index (χ4n) is 3.65. The van der Waals surface area contributed by atoms with Crippen molar-refractivity contribution < 1.29 is 14.6 Å². The molecule has 2 fully saturated rings. The molecule has 0 amide bonds. The summed E-state index contributed by atoms with van der Waals surface area (Å²) < 4.78 is 11.1. The first kappa shape index (κ1) is 15.2. The minimum atomic E-state index is -0.389. The molecule has 0 aromatic carbocycles. The summed E-state index contributed by atoms with van der Waals surface area (Å²) in [6.07, 6.45) is 8.24. The molecule has 2 atom stereocenters. The lowest BCUT2D eigenvalue weighted by atomic mass is 9.78. The maximum atomic E-state index is 9.85. The first-order valence-corrected chi connectivity index (χ1v) is 7.66. The van der Waals surface area contributed by atoms with Crippen LogP contribution in [-0.2, 0) is 9.47 Å². The largest absolute Gasteiger partial charge is 0.389 e. The Hall–Kier alpha value is -0.160. The molecule has 1 heterocycles. The standard InChI is InChI=1S/C15H29NO3/c1-16(11-14(17)12-18-2)13-6-9-19-15(10-13)7-4-3-5-8-15/h13-14,17H,3-12H2,1-2H3. The summed E-state index contributed by atoms with van der Waals surface area (Å²) in [5, 5.41) is 9.85. The molecule has 0 aromatic heterocycles. The summed E-state index contributed by atoms with van der Waals surface area (Å²) >= 11 is 0. The van der Waals surface area contributed by atoms with Crippen molar-refractivity contribution in [1.82, 2.24) is 4.90 Å². The first-order valence-electron chi connectivity index (χ1n) is 7.66. The Morgan fingerprint density at radius 2 is 2.11 bits per heavy atom. The number of likely N-dealkylation sites (N-methyl/N-ethyl adjacent to an activating group) is 1. The smallest absolute Gasteiger partial charge is 0.0900 e. The summed E-state index contributed by atoms with van der Waals surface area (Å²) in [6.45, 7) is 1.97. The van der Waals surface area contributed by atoms with E-state index in [1.165, 1.54) is 32.1 Å². The molecule has 0 bridgehead atoms. The van der Waals surface area contributed by atoms with Gasteiger partial charge in [-0.05, 0) is 32.7 Å². The van der Waals surface area contributed by atoms with Crippen LogP contribution in [0.25, 0.3) is 0 Å². The van der Waals surface area contributed by atoms with Gasteiger partial charge in [-0.1, -0.05) is 19.3 Å². The lowest BCUT2D eigenvalue weighted by Gasteiger charge is -2.46. The summed E-state index contributed by atoms with van der Waals surface area (Å²) in [7, 11) is 3.75. The van der Waals surface area contributed by atoms with E-state index >= 15 is 0 Å². The zero-order valence-electron chi connectivity index (χ0n) is 12.4. The molecule has 1 saturated heterocycles. The number of aliphatic hydroxyl groups excluding tert-OH is 1. The maximum absolute atomic E-state index is 9.85. The molecule has 0 aromatic rings. The fourth-order valence-corrected chi connectivity index (χ4v) is 3.65.